The lowest BCUT2D eigenvalue weighted by Crippen LogP contribution is -2.20. The molecule has 21 heavy (non-hydrogen) atoms. The standard InChI is InChI=1S/C15H18FNO3S/c1-3-20-10-15(9-17)13(14(15)21(18,19)4-2)11-5-7-12(16)8-6-11/h5-8,13-14H,3-4,10H2,1-2H3/t13-,14-,15+/m0/s1. The molecule has 0 saturated heterocycles. The maximum atomic E-state index is 13.0. The fourth-order valence-corrected chi connectivity index (χ4v) is 4.87. The summed E-state index contributed by atoms with van der Waals surface area (Å²) >= 11 is 0. The van der Waals surface area contributed by atoms with Crippen LogP contribution in [0.15, 0.2) is 24.3 Å². The lowest BCUT2D eigenvalue weighted by molar-refractivity contribution is 0.117. The van der Waals surface area contributed by atoms with Gasteiger partial charge >= 0.3 is 0 Å². The van der Waals surface area contributed by atoms with E-state index in [2.05, 4.69) is 6.07 Å². The molecule has 1 aliphatic rings. The molecule has 1 aliphatic carbocycles. The molecule has 1 aromatic rings. The molecule has 0 spiro atoms. The fraction of sp³-hybridized carbons (Fsp3) is 0.533. The van der Waals surface area contributed by atoms with Gasteiger partial charge in [0.15, 0.2) is 9.84 Å². The van der Waals surface area contributed by atoms with Crippen molar-refractivity contribution in [2.24, 2.45) is 5.41 Å². The molecule has 4 nitrogen and oxygen atoms in total. The van der Waals surface area contributed by atoms with Crippen LogP contribution in [0.2, 0.25) is 0 Å². The summed E-state index contributed by atoms with van der Waals surface area (Å²) in [6.45, 7) is 3.85. The summed E-state index contributed by atoms with van der Waals surface area (Å²) in [6, 6.07) is 7.80. The highest BCUT2D eigenvalue weighted by atomic mass is 32.2. The Morgan fingerprint density at radius 3 is 2.43 bits per heavy atom. The highest BCUT2D eigenvalue weighted by Gasteiger charge is 2.71. The van der Waals surface area contributed by atoms with Crippen molar-refractivity contribution in [3.05, 3.63) is 35.6 Å². The van der Waals surface area contributed by atoms with Crippen molar-refractivity contribution in [3.8, 4) is 6.07 Å². The molecular weight excluding hydrogens is 293 g/mol. The summed E-state index contributed by atoms with van der Waals surface area (Å²) in [5, 5.41) is 8.75. The highest BCUT2D eigenvalue weighted by molar-refractivity contribution is 7.92. The minimum atomic E-state index is -3.38. The molecule has 0 heterocycles. The first-order chi connectivity index (χ1) is 9.93. The van der Waals surface area contributed by atoms with E-state index in [4.69, 9.17) is 4.74 Å². The molecule has 0 amide bonds. The van der Waals surface area contributed by atoms with E-state index in [0.717, 1.165) is 0 Å². The zero-order valence-electron chi connectivity index (χ0n) is 12.0. The molecule has 114 valence electrons. The topological polar surface area (TPSA) is 67.2 Å². The van der Waals surface area contributed by atoms with Gasteiger partial charge in [-0.3, -0.25) is 0 Å². The first-order valence-electron chi connectivity index (χ1n) is 6.89. The Kier molecular flexibility index (Phi) is 4.35. The average Bonchev–Trinajstić information content (AvgIpc) is 3.16. The molecule has 0 aromatic heterocycles. The van der Waals surface area contributed by atoms with Crippen molar-refractivity contribution < 1.29 is 17.5 Å². The Labute approximate surface area is 124 Å². The van der Waals surface area contributed by atoms with E-state index in [1.165, 1.54) is 12.1 Å². The Morgan fingerprint density at radius 1 is 1.33 bits per heavy atom. The quantitative estimate of drug-likeness (QED) is 0.808. The number of hydrogen-bond donors (Lipinski definition) is 0. The lowest BCUT2D eigenvalue weighted by atomic mass is 10.0. The SMILES string of the molecule is CCOC[C@]1(C#N)[C@@H](c2ccc(F)cc2)[C@@H]1S(=O)(=O)CC. The molecular formula is C15H18FNO3S. The van der Waals surface area contributed by atoms with Crippen LogP contribution in [-0.2, 0) is 14.6 Å². The van der Waals surface area contributed by atoms with E-state index >= 15 is 0 Å². The number of benzene rings is 1. The third kappa shape index (κ3) is 2.68. The summed E-state index contributed by atoms with van der Waals surface area (Å²) in [5.41, 5.74) is -0.400. The normalized spacial score (nSPS) is 28.1. The number of sulfone groups is 1. The van der Waals surface area contributed by atoms with Crippen molar-refractivity contribution in [1.29, 1.82) is 5.26 Å². The van der Waals surface area contributed by atoms with Crippen molar-refractivity contribution in [2.75, 3.05) is 19.0 Å². The van der Waals surface area contributed by atoms with E-state index in [9.17, 15) is 18.1 Å². The van der Waals surface area contributed by atoms with Gasteiger partial charge < -0.3 is 4.74 Å². The number of rotatable bonds is 6. The molecule has 1 aromatic carbocycles. The van der Waals surface area contributed by atoms with Crippen molar-refractivity contribution in [3.63, 3.8) is 0 Å². The Bertz CT molecular complexity index is 650. The summed E-state index contributed by atoms with van der Waals surface area (Å²) < 4.78 is 42.9. The Hall–Kier alpha value is -1.45. The molecule has 0 unspecified atom stereocenters. The predicted octanol–water partition coefficient (Wildman–Crippen LogP) is 2.27. The second-order valence-electron chi connectivity index (χ2n) is 5.19. The summed E-state index contributed by atoms with van der Waals surface area (Å²) in [5.74, 6) is -0.869. The third-order valence-electron chi connectivity index (χ3n) is 4.03. The number of halogens is 1. The van der Waals surface area contributed by atoms with Gasteiger partial charge in [0.25, 0.3) is 0 Å². The molecule has 6 heteroatoms. The van der Waals surface area contributed by atoms with E-state index in [1.54, 1.807) is 26.0 Å². The van der Waals surface area contributed by atoms with Gasteiger partial charge in [-0.15, -0.1) is 0 Å². The van der Waals surface area contributed by atoms with Gasteiger partial charge in [-0.25, -0.2) is 12.8 Å². The van der Waals surface area contributed by atoms with Gasteiger partial charge in [0.2, 0.25) is 0 Å². The lowest BCUT2D eigenvalue weighted by Gasteiger charge is -2.09. The minimum absolute atomic E-state index is 0.0229. The highest BCUT2D eigenvalue weighted by Crippen LogP contribution is 2.62. The molecule has 0 radical (unpaired) electrons. The van der Waals surface area contributed by atoms with Gasteiger partial charge in [-0.2, -0.15) is 5.26 Å². The molecule has 1 saturated carbocycles. The van der Waals surface area contributed by atoms with Crippen LogP contribution in [-0.4, -0.2) is 32.6 Å². The van der Waals surface area contributed by atoms with Crippen LogP contribution in [0, 0.1) is 22.6 Å². The van der Waals surface area contributed by atoms with Crippen LogP contribution in [0.1, 0.15) is 25.3 Å². The summed E-state index contributed by atoms with van der Waals surface area (Å²) in [7, 11) is -3.38. The molecule has 0 aliphatic heterocycles. The summed E-state index contributed by atoms with van der Waals surface area (Å²) in [6.07, 6.45) is 0. The minimum Gasteiger partial charge on any atom is -0.380 e. The smallest absolute Gasteiger partial charge is 0.155 e. The average molecular weight is 311 g/mol. The van der Waals surface area contributed by atoms with E-state index < -0.39 is 26.4 Å². The van der Waals surface area contributed by atoms with Crippen LogP contribution in [0.3, 0.4) is 0 Å². The van der Waals surface area contributed by atoms with Crippen molar-refractivity contribution in [1.82, 2.24) is 0 Å². The van der Waals surface area contributed by atoms with Crippen molar-refractivity contribution >= 4 is 9.84 Å². The van der Waals surface area contributed by atoms with Crippen LogP contribution < -0.4 is 0 Å². The van der Waals surface area contributed by atoms with Crippen LogP contribution >= 0.6 is 0 Å². The van der Waals surface area contributed by atoms with Crippen LogP contribution in [0.4, 0.5) is 4.39 Å². The molecule has 3 atom stereocenters. The summed E-state index contributed by atoms with van der Waals surface area (Å²) in [4.78, 5) is 0. The molecule has 0 bridgehead atoms. The number of nitrogens with zero attached hydrogens (tertiary/aromatic N) is 1. The molecule has 1 fully saturated rings. The third-order valence-corrected chi connectivity index (χ3v) is 6.30. The van der Waals surface area contributed by atoms with Gasteiger partial charge in [-0.1, -0.05) is 19.1 Å². The Morgan fingerprint density at radius 2 is 1.95 bits per heavy atom. The van der Waals surface area contributed by atoms with Crippen LogP contribution in [0.5, 0.6) is 0 Å². The maximum Gasteiger partial charge on any atom is 0.155 e. The van der Waals surface area contributed by atoms with Gasteiger partial charge in [-0.05, 0) is 24.6 Å². The van der Waals surface area contributed by atoms with E-state index in [-0.39, 0.29) is 18.2 Å². The molecule has 0 N–H and O–H groups in total. The fourth-order valence-electron chi connectivity index (χ4n) is 2.86. The second-order valence-corrected chi connectivity index (χ2v) is 7.60. The second kappa shape index (κ2) is 5.74. The zero-order valence-corrected chi connectivity index (χ0v) is 12.9. The van der Waals surface area contributed by atoms with Crippen LogP contribution in [0.25, 0.3) is 0 Å². The zero-order chi connectivity index (χ0) is 15.7. The maximum absolute atomic E-state index is 13.0. The van der Waals surface area contributed by atoms with Gasteiger partial charge in [0, 0.05) is 18.3 Å². The number of hydrogen-bond acceptors (Lipinski definition) is 4. The van der Waals surface area contributed by atoms with Crippen molar-refractivity contribution in [2.45, 2.75) is 25.0 Å². The molecule has 2 rings (SSSR count). The first-order valence-corrected chi connectivity index (χ1v) is 8.60. The number of nitriles is 1. The monoisotopic (exact) mass is 311 g/mol. The van der Waals surface area contributed by atoms with Gasteiger partial charge in [0.1, 0.15) is 11.2 Å². The van der Waals surface area contributed by atoms with E-state index in [0.29, 0.717) is 12.2 Å². The first kappa shape index (κ1) is 15.9. The number of ether oxygens (including phenoxy) is 1. The van der Waals surface area contributed by atoms with E-state index in [1.807, 2.05) is 0 Å². The predicted molar refractivity (Wildman–Crippen MR) is 76.9 cm³/mol. The Balaban J connectivity index is 2.42. The largest absolute Gasteiger partial charge is 0.380 e. The van der Waals surface area contributed by atoms with Gasteiger partial charge in [0.05, 0.1) is 17.9 Å².